The minimum Gasteiger partial charge on any atom is -0.465 e. The van der Waals surface area contributed by atoms with Gasteiger partial charge >= 0.3 is 5.97 Å². The summed E-state index contributed by atoms with van der Waals surface area (Å²) in [5.74, 6) is -0.635. The Hall–Kier alpha value is -2.21. The number of esters is 1. The maximum atomic E-state index is 11.9. The third kappa shape index (κ3) is 4.13. The summed E-state index contributed by atoms with van der Waals surface area (Å²) in [5, 5.41) is 2.76. The Morgan fingerprint density at radius 1 is 1.19 bits per heavy atom. The first-order valence-electron chi connectivity index (χ1n) is 6.17. The molecule has 2 aromatic rings. The fourth-order valence-corrected chi connectivity index (χ4v) is 1.89. The topological polar surface area (TPSA) is 68.3 Å². The zero-order valence-electron chi connectivity index (χ0n) is 11.3. The Kier molecular flexibility index (Phi) is 5.05. The van der Waals surface area contributed by atoms with Crippen molar-refractivity contribution >= 4 is 27.8 Å². The second kappa shape index (κ2) is 6.99. The predicted octanol–water partition coefficient (Wildman–Crippen LogP) is 2.56. The molecule has 0 aliphatic heterocycles. The van der Waals surface area contributed by atoms with Crippen molar-refractivity contribution in [1.82, 2.24) is 10.3 Å². The highest BCUT2D eigenvalue weighted by molar-refractivity contribution is 9.10. The molecule has 0 saturated carbocycles. The number of hydrogen-bond acceptors (Lipinski definition) is 4. The van der Waals surface area contributed by atoms with Crippen LogP contribution in [0.5, 0.6) is 0 Å². The van der Waals surface area contributed by atoms with Crippen LogP contribution in [0.25, 0.3) is 0 Å². The highest BCUT2D eigenvalue weighted by Gasteiger charge is 2.07. The molecule has 0 fully saturated rings. The van der Waals surface area contributed by atoms with E-state index in [0.29, 0.717) is 17.8 Å². The molecule has 1 N–H and O–H groups in total. The summed E-state index contributed by atoms with van der Waals surface area (Å²) < 4.78 is 5.44. The number of halogens is 1. The van der Waals surface area contributed by atoms with Gasteiger partial charge < -0.3 is 10.1 Å². The van der Waals surface area contributed by atoms with Gasteiger partial charge in [-0.1, -0.05) is 12.1 Å². The van der Waals surface area contributed by atoms with Gasteiger partial charge in [0.2, 0.25) is 0 Å². The van der Waals surface area contributed by atoms with Crippen LogP contribution in [0.15, 0.2) is 47.1 Å². The first-order chi connectivity index (χ1) is 10.1. The number of amides is 1. The smallest absolute Gasteiger partial charge is 0.337 e. The van der Waals surface area contributed by atoms with Crippen LogP contribution in [0.3, 0.4) is 0 Å². The summed E-state index contributed by atoms with van der Waals surface area (Å²) in [6, 6.07) is 10.2. The van der Waals surface area contributed by atoms with Crippen molar-refractivity contribution in [2.45, 2.75) is 6.54 Å². The predicted molar refractivity (Wildman–Crippen MR) is 80.9 cm³/mol. The van der Waals surface area contributed by atoms with Gasteiger partial charge in [0.15, 0.2) is 0 Å². The minimum atomic E-state index is -0.385. The van der Waals surface area contributed by atoms with Crippen molar-refractivity contribution in [2.24, 2.45) is 0 Å². The average molecular weight is 349 g/mol. The number of carbonyl (C=O) groups excluding carboxylic acids is 2. The van der Waals surface area contributed by atoms with Crippen molar-refractivity contribution in [2.75, 3.05) is 7.11 Å². The SMILES string of the molecule is COC(=O)c1ccc(CNC(=O)c2ccc(Br)cn2)cc1. The van der Waals surface area contributed by atoms with E-state index in [1.54, 1.807) is 42.6 Å². The van der Waals surface area contributed by atoms with Crippen LogP contribution < -0.4 is 5.32 Å². The van der Waals surface area contributed by atoms with Crippen molar-refractivity contribution in [1.29, 1.82) is 0 Å². The zero-order valence-corrected chi connectivity index (χ0v) is 12.9. The lowest BCUT2D eigenvalue weighted by Crippen LogP contribution is -2.23. The summed E-state index contributed by atoms with van der Waals surface area (Å²) in [5.41, 5.74) is 1.71. The maximum Gasteiger partial charge on any atom is 0.337 e. The Bertz CT molecular complexity index is 639. The molecular weight excluding hydrogens is 336 g/mol. The van der Waals surface area contributed by atoms with E-state index in [0.717, 1.165) is 10.0 Å². The number of benzene rings is 1. The molecule has 0 saturated heterocycles. The molecule has 1 heterocycles. The molecule has 2 rings (SSSR count). The highest BCUT2D eigenvalue weighted by Crippen LogP contribution is 2.08. The van der Waals surface area contributed by atoms with Gasteiger partial charge in [-0.3, -0.25) is 4.79 Å². The molecule has 21 heavy (non-hydrogen) atoms. The number of rotatable bonds is 4. The van der Waals surface area contributed by atoms with Crippen LogP contribution in [0, 0.1) is 0 Å². The molecular formula is C15H13BrN2O3. The molecule has 1 amide bonds. The third-order valence-electron chi connectivity index (χ3n) is 2.79. The summed E-state index contributed by atoms with van der Waals surface area (Å²) in [4.78, 5) is 27.2. The van der Waals surface area contributed by atoms with Crippen LogP contribution >= 0.6 is 15.9 Å². The van der Waals surface area contributed by atoms with Crippen LogP contribution in [-0.2, 0) is 11.3 Å². The summed E-state index contributed by atoms with van der Waals surface area (Å²) >= 11 is 3.26. The molecule has 0 aliphatic rings. The number of pyridine rings is 1. The van der Waals surface area contributed by atoms with Gasteiger partial charge in [0.05, 0.1) is 12.7 Å². The molecule has 1 aromatic carbocycles. The molecule has 1 aromatic heterocycles. The van der Waals surface area contributed by atoms with Gasteiger partial charge in [-0.2, -0.15) is 0 Å². The van der Waals surface area contributed by atoms with Gasteiger partial charge in [0.1, 0.15) is 5.69 Å². The Morgan fingerprint density at radius 2 is 1.90 bits per heavy atom. The van der Waals surface area contributed by atoms with Crippen molar-refractivity contribution < 1.29 is 14.3 Å². The van der Waals surface area contributed by atoms with E-state index in [9.17, 15) is 9.59 Å². The first-order valence-corrected chi connectivity index (χ1v) is 6.96. The summed E-state index contributed by atoms with van der Waals surface area (Å²) in [6.45, 7) is 0.359. The van der Waals surface area contributed by atoms with Crippen LogP contribution in [0.2, 0.25) is 0 Å². The van der Waals surface area contributed by atoms with Gasteiger partial charge in [-0.25, -0.2) is 9.78 Å². The zero-order chi connectivity index (χ0) is 15.2. The van der Waals surface area contributed by atoms with E-state index in [1.807, 2.05) is 0 Å². The van der Waals surface area contributed by atoms with Gasteiger partial charge in [-0.15, -0.1) is 0 Å². The second-order valence-electron chi connectivity index (χ2n) is 4.23. The standard InChI is InChI=1S/C15H13BrN2O3/c1-21-15(20)11-4-2-10(3-5-11)8-18-14(19)13-7-6-12(16)9-17-13/h2-7,9H,8H2,1H3,(H,18,19). The molecule has 0 spiro atoms. The molecule has 6 heteroatoms. The Labute approximate surface area is 130 Å². The van der Waals surface area contributed by atoms with Crippen molar-refractivity contribution in [3.8, 4) is 0 Å². The first kappa shape index (κ1) is 15.2. The molecule has 0 bridgehead atoms. The lowest BCUT2D eigenvalue weighted by molar-refractivity contribution is 0.0600. The Morgan fingerprint density at radius 3 is 2.48 bits per heavy atom. The van der Waals surface area contributed by atoms with Crippen LogP contribution in [0.4, 0.5) is 0 Å². The molecule has 0 radical (unpaired) electrons. The van der Waals surface area contributed by atoms with Crippen LogP contribution in [0.1, 0.15) is 26.4 Å². The molecule has 0 unspecified atom stereocenters. The average Bonchev–Trinajstić information content (AvgIpc) is 2.53. The third-order valence-corrected chi connectivity index (χ3v) is 3.26. The quantitative estimate of drug-likeness (QED) is 0.862. The normalized spacial score (nSPS) is 10.0. The maximum absolute atomic E-state index is 11.9. The second-order valence-corrected chi connectivity index (χ2v) is 5.15. The van der Waals surface area contributed by atoms with E-state index in [2.05, 4.69) is 31.0 Å². The molecule has 0 atom stereocenters. The summed E-state index contributed by atoms with van der Waals surface area (Å²) in [7, 11) is 1.34. The number of nitrogens with zero attached hydrogens (tertiary/aromatic N) is 1. The monoisotopic (exact) mass is 348 g/mol. The van der Waals surface area contributed by atoms with E-state index < -0.39 is 0 Å². The van der Waals surface area contributed by atoms with E-state index in [-0.39, 0.29) is 11.9 Å². The van der Waals surface area contributed by atoms with E-state index >= 15 is 0 Å². The molecule has 108 valence electrons. The number of nitrogens with one attached hydrogen (secondary N) is 1. The van der Waals surface area contributed by atoms with Gasteiger partial charge in [0.25, 0.3) is 5.91 Å². The number of ether oxygens (including phenoxy) is 1. The van der Waals surface area contributed by atoms with Crippen molar-refractivity contribution in [3.63, 3.8) is 0 Å². The fraction of sp³-hybridized carbons (Fsp3) is 0.133. The number of aromatic nitrogens is 1. The molecule has 5 nitrogen and oxygen atoms in total. The van der Waals surface area contributed by atoms with E-state index in [4.69, 9.17) is 0 Å². The Balaban J connectivity index is 1.95. The van der Waals surface area contributed by atoms with Gasteiger partial charge in [-0.05, 0) is 45.8 Å². The largest absolute Gasteiger partial charge is 0.465 e. The lowest BCUT2D eigenvalue weighted by Gasteiger charge is -2.06. The van der Waals surface area contributed by atoms with Gasteiger partial charge in [0, 0.05) is 17.2 Å². The van der Waals surface area contributed by atoms with E-state index in [1.165, 1.54) is 7.11 Å². The lowest BCUT2D eigenvalue weighted by atomic mass is 10.1. The number of carbonyl (C=O) groups is 2. The fourth-order valence-electron chi connectivity index (χ4n) is 1.66. The highest BCUT2D eigenvalue weighted by atomic mass is 79.9. The number of methoxy groups -OCH3 is 1. The molecule has 0 aliphatic carbocycles. The van der Waals surface area contributed by atoms with Crippen molar-refractivity contribution in [3.05, 3.63) is 63.9 Å². The minimum absolute atomic E-state index is 0.250. The number of hydrogen-bond donors (Lipinski definition) is 1. The van der Waals surface area contributed by atoms with Crippen LogP contribution in [-0.4, -0.2) is 24.0 Å². The summed E-state index contributed by atoms with van der Waals surface area (Å²) in [6.07, 6.45) is 1.57.